The van der Waals surface area contributed by atoms with Crippen molar-refractivity contribution in [2.45, 2.75) is 157 Å². The molecule has 0 saturated heterocycles. The molecular formula is C38H58O2S2. The summed E-state index contributed by atoms with van der Waals surface area (Å²) < 4.78 is 0. The Kier molecular flexibility index (Phi) is 10.3. The summed E-state index contributed by atoms with van der Waals surface area (Å²) in [5, 5.41) is -0.103. The lowest BCUT2D eigenvalue weighted by atomic mass is 9.72. The van der Waals surface area contributed by atoms with Gasteiger partial charge in [-0.05, 0) is 87.5 Å². The number of benzene rings is 2. The van der Waals surface area contributed by atoms with E-state index in [0.29, 0.717) is 0 Å². The maximum absolute atomic E-state index is 14.2. The molecule has 0 aliphatic heterocycles. The van der Waals surface area contributed by atoms with Crippen LogP contribution in [0.5, 0.6) is 0 Å². The summed E-state index contributed by atoms with van der Waals surface area (Å²) in [5.41, 5.74) is 7.12. The fourth-order valence-corrected chi connectivity index (χ4v) is 6.83. The van der Waals surface area contributed by atoms with Gasteiger partial charge in [0.2, 0.25) is 10.2 Å². The Bertz CT molecular complexity index is 1160. The molecule has 234 valence electrons. The zero-order chi connectivity index (χ0) is 33.0. The van der Waals surface area contributed by atoms with Crippen molar-refractivity contribution in [1.29, 1.82) is 0 Å². The van der Waals surface area contributed by atoms with Crippen LogP contribution < -0.4 is 0 Å². The quantitative estimate of drug-likeness (QED) is 0.317. The molecule has 0 aromatic heterocycles. The molecule has 42 heavy (non-hydrogen) atoms. The monoisotopic (exact) mass is 610 g/mol. The van der Waals surface area contributed by atoms with Crippen molar-refractivity contribution in [3.63, 3.8) is 0 Å². The summed E-state index contributed by atoms with van der Waals surface area (Å²) in [6.07, 6.45) is 0. The van der Waals surface area contributed by atoms with Gasteiger partial charge in [0.05, 0.1) is 0 Å². The predicted molar refractivity (Wildman–Crippen MR) is 189 cm³/mol. The number of hydrogen-bond donors (Lipinski definition) is 0. The summed E-state index contributed by atoms with van der Waals surface area (Å²) in [5.74, 6) is 0. The highest BCUT2D eigenvalue weighted by atomic mass is 33.1. The van der Waals surface area contributed by atoms with Crippen molar-refractivity contribution in [3.8, 4) is 0 Å². The second-order valence-corrected chi connectivity index (χ2v) is 20.2. The fraction of sp³-hybridized carbons (Fsp3) is 0.632. The van der Waals surface area contributed by atoms with Crippen molar-refractivity contribution in [3.05, 3.63) is 68.8 Å². The van der Waals surface area contributed by atoms with E-state index in [-0.39, 0.29) is 42.7 Å². The maximum Gasteiger partial charge on any atom is 0.230 e. The summed E-state index contributed by atoms with van der Waals surface area (Å²) in [4.78, 5) is 28.4. The van der Waals surface area contributed by atoms with Gasteiger partial charge in [-0.2, -0.15) is 0 Å². The minimum absolute atomic E-state index is 0.0502. The van der Waals surface area contributed by atoms with Gasteiger partial charge in [-0.3, -0.25) is 9.59 Å². The SMILES string of the molecule is CC(C)(C)c1cc(C(C)(C)C)c(C(=O)SSC(=O)c2c(C(C)(C)C)cc(C(C)(C)C)cc2C(C)(C)C)c(C(C)(C)C)c1. The second kappa shape index (κ2) is 11.8. The van der Waals surface area contributed by atoms with E-state index in [9.17, 15) is 9.59 Å². The molecule has 0 aliphatic carbocycles. The van der Waals surface area contributed by atoms with Crippen LogP contribution in [-0.4, -0.2) is 10.2 Å². The molecule has 0 spiro atoms. The van der Waals surface area contributed by atoms with Gasteiger partial charge in [-0.1, -0.05) is 149 Å². The Labute approximate surface area is 266 Å². The van der Waals surface area contributed by atoms with Gasteiger partial charge >= 0.3 is 0 Å². The van der Waals surface area contributed by atoms with Crippen molar-refractivity contribution in [2.24, 2.45) is 0 Å². The average molecular weight is 611 g/mol. The molecule has 2 aromatic rings. The molecule has 0 fully saturated rings. The second-order valence-electron chi connectivity index (χ2n) is 18.1. The van der Waals surface area contributed by atoms with Gasteiger partial charge in [0.1, 0.15) is 0 Å². The molecule has 0 aliphatic rings. The van der Waals surface area contributed by atoms with Gasteiger partial charge in [-0.15, -0.1) is 0 Å². The third-order valence-corrected chi connectivity index (χ3v) is 9.79. The molecule has 0 atom stereocenters. The van der Waals surface area contributed by atoms with Crippen molar-refractivity contribution < 1.29 is 9.59 Å². The number of carbonyl (C=O) groups is 2. The van der Waals surface area contributed by atoms with Crippen LogP contribution in [0, 0.1) is 0 Å². The van der Waals surface area contributed by atoms with Crippen LogP contribution in [0.3, 0.4) is 0 Å². The van der Waals surface area contributed by atoms with Crippen LogP contribution in [0.4, 0.5) is 0 Å². The van der Waals surface area contributed by atoms with E-state index in [1.54, 1.807) is 0 Å². The Hall–Kier alpha value is -1.52. The van der Waals surface area contributed by atoms with E-state index in [0.717, 1.165) is 55.0 Å². The first-order chi connectivity index (χ1) is 18.5. The topological polar surface area (TPSA) is 34.1 Å². The molecule has 0 saturated carbocycles. The molecule has 0 heterocycles. The van der Waals surface area contributed by atoms with Crippen molar-refractivity contribution in [2.75, 3.05) is 0 Å². The molecular weight excluding hydrogens is 553 g/mol. The number of carbonyl (C=O) groups excluding carboxylic acids is 2. The molecule has 2 aromatic carbocycles. The first-order valence-electron chi connectivity index (χ1n) is 15.3. The molecule has 2 nitrogen and oxygen atoms in total. The van der Waals surface area contributed by atoms with Gasteiger partial charge in [0.25, 0.3) is 0 Å². The Morgan fingerprint density at radius 1 is 0.381 bits per heavy atom. The van der Waals surface area contributed by atoms with Crippen LogP contribution in [0.1, 0.15) is 179 Å². The lowest BCUT2D eigenvalue weighted by Gasteiger charge is -2.33. The molecule has 0 amide bonds. The zero-order valence-corrected chi connectivity index (χ0v) is 31.6. The predicted octanol–water partition coefficient (Wildman–Crippen LogP) is 11.8. The maximum atomic E-state index is 14.2. The van der Waals surface area contributed by atoms with Gasteiger partial charge in [0.15, 0.2) is 0 Å². The first kappa shape index (κ1) is 36.7. The van der Waals surface area contributed by atoms with E-state index in [1.165, 1.54) is 11.1 Å². The molecule has 0 bridgehead atoms. The van der Waals surface area contributed by atoms with Crippen molar-refractivity contribution >= 4 is 31.8 Å². The summed E-state index contributed by atoms with van der Waals surface area (Å²) in [6.45, 7) is 39.3. The van der Waals surface area contributed by atoms with Gasteiger partial charge in [-0.25, -0.2) is 0 Å². The summed E-state index contributed by atoms with van der Waals surface area (Å²) >= 11 is 0. The van der Waals surface area contributed by atoms with E-state index < -0.39 is 0 Å². The van der Waals surface area contributed by atoms with Crippen LogP contribution >= 0.6 is 21.6 Å². The molecule has 0 radical (unpaired) electrons. The highest BCUT2D eigenvalue weighted by Gasteiger charge is 2.35. The number of hydrogen-bond acceptors (Lipinski definition) is 4. The average Bonchev–Trinajstić information content (AvgIpc) is 2.77. The molecule has 0 unspecified atom stereocenters. The Balaban J connectivity index is 2.73. The first-order valence-corrected chi connectivity index (χ1v) is 17.4. The Morgan fingerprint density at radius 2 is 0.571 bits per heavy atom. The van der Waals surface area contributed by atoms with Gasteiger partial charge in [0, 0.05) is 11.1 Å². The van der Waals surface area contributed by atoms with E-state index in [2.05, 4.69) is 149 Å². The normalized spacial score (nSPS) is 13.9. The van der Waals surface area contributed by atoms with Crippen LogP contribution in [0.15, 0.2) is 24.3 Å². The van der Waals surface area contributed by atoms with E-state index in [4.69, 9.17) is 0 Å². The lowest BCUT2D eigenvalue weighted by molar-refractivity contribution is 0.107. The third kappa shape index (κ3) is 8.56. The molecule has 0 N–H and O–H groups in total. The minimum atomic E-state index is -0.233. The molecule has 2 rings (SSSR count). The van der Waals surface area contributed by atoms with Crippen LogP contribution in [-0.2, 0) is 32.5 Å². The van der Waals surface area contributed by atoms with E-state index in [1.807, 2.05) is 0 Å². The molecule has 4 heteroatoms. The van der Waals surface area contributed by atoms with Crippen LogP contribution in [0.2, 0.25) is 0 Å². The van der Waals surface area contributed by atoms with Gasteiger partial charge < -0.3 is 0 Å². The lowest BCUT2D eigenvalue weighted by Crippen LogP contribution is -2.26. The number of rotatable bonds is 2. The third-order valence-electron chi connectivity index (χ3n) is 7.84. The summed E-state index contributed by atoms with van der Waals surface area (Å²) in [6, 6.07) is 8.87. The van der Waals surface area contributed by atoms with E-state index >= 15 is 0 Å². The zero-order valence-electron chi connectivity index (χ0n) is 29.9. The fourth-order valence-electron chi connectivity index (χ4n) is 5.12. The minimum Gasteiger partial charge on any atom is -0.281 e. The van der Waals surface area contributed by atoms with Crippen molar-refractivity contribution in [1.82, 2.24) is 0 Å². The highest BCUT2D eigenvalue weighted by molar-refractivity contribution is 8.87. The van der Waals surface area contributed by atoms with Crippen LogP contribution in [0.25, 0.3) is 0 Å². The standard InChI is InChI=1S/C38H58O2S2/c1-33(2,3)23-19-25(35(7,8)9)29(26(20-23)36(10,11)12)31(39)41-42-32(40)30-27(37(13,14)15)21-24(34(4,5)6)22-28(30)38(16,17)18/h19-22H,1-18H3. The smallest absolute Gasteiger partial charge is 0.230 e. The highest BCUT2D eigenvalue weighted by Crippen LogP contribution is 2.44. The largest absolute Gasteiger partial charge is 0.281 e. The summed E-state index contributed by atoms with van der Waals surface area (Å²) in [7, 11) is 2.17. The Morgan fingerprint density at radius 3 is 0.714 bits per heavy atom.